The van der Waals surface area contributed by atoms with E-state index in [1.54, 1.807) is 14.0 Å². The van der Waals surface area contributed by atoms with Gasteiger partial charge < -0.3 is 10.2 Å². The van der Waals surface area contributed by atoms with Crippen LogP contribution in [0, 0.1) is 0 Å². The maximum atomic E-state index is 10.2. The first kappa shape index (κ1) is 9.53. The molecule has 1 aromatic rings. The van der Waals surface area contributed by atoms with Crippen molar-refractivity contribution in [1.82, 2.24) is 9.78 Å². The summed E-state index contributed by atoms with van der Waals surface area (Å²) < 4.78 is 1.43. The molecule has 0 bridgehead atoms. The summed E-state index contributed by atoms with van der Waals surface area (Å²) >= 11 is 0. The number of nitrogens with zero attached hydrogens (tertiary/aromatic N) is 2. The first-order valence-corrected chi connectivity index (χ1v) is 3.72. The van der Waals surface area contributed by atoms with Crippen molar-refractivity contribution < 1.29 is 15.0 Å². The van der Waals surface area contributed by atoms with E-state index in [2.05, 4.69) is 10.4 Å². The van der Waals surface area contributed by atoms with E-state index < -0.39 is 12.2 Å². The molecule has 1 rings (SSSR count). The Hall–Kier alpha value is -1.56. The largest absolute Gasteiger partial charge is 0.465 e. The molecule has 0 aliphatic carbocycles. The molecule has 13 heavy (non-hydrogen) atoms. The lowest BCUT2D eigenvalue weighted by atomic mass is 10.3. The van der Waals surface area contributed by atoms with Gasteiger partial charge in [0, 0.05) is 13.1 Å². The highest BCUT2D eigenvalue weighted by molar-refractivity contribution is 5.81. The Kier molecular flexibility index (Phi) is 2.52. The fourth-order valence-electron chi connectivity index (χ4n) is 1.04. The van der Waals surface area contributed by atoms with Gasteiger partial charge in [0.05, 0.1) is 11.8 Å². The Labute approximate surface area is 74.8 Å². The van der Waals surface area contributed by atoms with Gasteiger partial charge in [-0.15, -0.1) is 0 Å². The van der Waals surface area contributed by atoms with Crippen LogP contribution < -0.4 is 5.32 Å². The smallest absolute Gasteiger partial charge is 0.410 e. The lowest BCUT2D eigenvalue weighted by Crippen LogP contribution is -2.07. The molecule has 0 saturated carbocycles. The van der Waals surface area contributed by atoms with Crippen molar-refractivity contribution in [2.45, 2.75) is 13.0 Å². The van der Waals surface area contributed by atoms with Crippen molar-refractivity contribution in [3.8, 4) is 0 Å². The molecule has 0 aromatic carbocycles. The second-order valence-electron chi connectivity index (χ2n) is 2.68. The van der Waals surface area contributed by atoms with Crippen LogP contribution in [-0.4, -0.2) is 26.1 Å². The minimum atomic E-state index is -1.17. The van der Waals surface area contributed by atoms with E-state index in [1.807, 2.05) is 0 Å². The minimum Gasteiger partial charge on any atom is -0.465 e. The van der Waals surface area contributed by atoms with Gasteiger partial charge in [-0.3, -0.25) is 10.00 Å². The summed E-state index contributed by atoms with van der Waals surface area (Å²) in [7, 11) is 1.63. The molecule has 1 amide bonds. The molecule has 1 heterocycles. The second-order valence-corrected chi connectivity index (χ2v) is 2.68. The Balaban J connectivity index is 2.88. The summed E-state index contributed by atoms with van der Waals surface area (Å²) in [5.74, 6) is 0.214. The number of carbonyl (C=O) groups is 1. The van der Waals surface area contributed by atoms with Gasteiger partial charge >= 0.3 is 6.09 Å². The Morgan fingerprint density at radius 1 is 1.77 bits per heavy atom. The van der Waals surface area contributed by atoms with Gasteiger partial charge in [-0.05, 0) is 6.92 Å². The van der Waals surface area contributed by atoms with Crippen molar-refractivity contribution in [3.05, 3.63) is 11.8 Å². The molecule has 1 unspecified atom stereocenters. The van der Waals surface area contributed by atoms with Crippen LogP contribution in [0.2, 0.25) is 0 Å². The number of hydrogen-bond acceptors (Lipinski definition) is 3. The maximum absolute atomic E-state index is 10.2. The zero-order chi connectivity index (χ0) is 10.0. The molecule has 0 spiro atoms. The minimum absolute atomic E-state index is 0.214. The van der Waals surface area contributed by atoms with Gasteiger partial charge in [0.15, 0.2) is 5.82 Å². The van der Waals surface area contributed by atoms with E-state index in [0.717, 1.165) is 0 Å². The molecular formula is C7H11N3O3. The van der Waals surface area contributed by atoms with Crippen LogP contribution in [0.25, 0.3) is 0 Å². The molecule has 6 nitrogen and oxygen atoms in total. The van der Waals surface area contributed by atoms with Gasteiger partial charge in [-0.1, -0.05) is 0 Å². The molecule has 1 atom stereocenters. The number of aromatic nitrogens is 2. The van der Waals surface area contributed by atoms with Gasteiger partial charge in [0.1, 0.15) is 0 Å². The van der Waals surface area contributed by atoms with Crippen molar-refractivity contribution in [1.29, 1.82) is 0 Å². The standard InChI is InChI=1S/C7H11N3O3/c1-4(11)5-3-6(8-7(12)13)9-10(5)2/h3-4,11H,1-2H3,(H,8,9)(H,12,13). The quantitative estimate of drug-likeness (QED) is 0.628. The predicted molar refractivity (Wildman–Crippen MR) is 45.5 cm³/mol. The summed E-state index contributed by atoms with van der Waals surface area (Å²) in [5, 5.41) is 23.5. The van der Waals surface area contributed by atoms with E-state index in [-0.39, 0.29) is 5.82 Å². The third kappa shape index (κ3) is 2.19. The number of carboxylic acid groups (broad SMARTS) is 1. The highest BCUT2D eigenvalue weighted by Gasteiger charge is 2.10. The van der Waals surface area contributed by atoms with E-state index in [9.17, 15) is 9.90 Å². The highest BCUT2D eigenvalue weighted by atomic mass is 16.4. The molecule has 0 aliphatic heterocycles. The third-order valence-corrected chi connectivity index (χ3v) is 1.58. The number of anilines is 1. The Bertz CT molecular complexity index is 319. The average Bonchev–Trinajstić information content (AvgIpc) is 2.29. The first-order chi connectivity index (χ1) is 6.00. The van der Waals surface area contributed by atoms with Crippen molar-refractivity contribution in [2.75, 3.05) is 5.32 Å². The van der Waals surface area contributed by atoms with Crippen molar-refractivity contribution in [2.24, 2.45) is 7.05 Å². The Morgan fingerprint density at radius 2 is 2.38 bits per heavy atom. The SMILES string of the molecule is CC(O)c1cc(NC(=O)O)nn1C. The number of hydrogen-bond donors (Lipinski definition) is 3. The second kappa shape index (κ2) is 3.44. The lowest BCUT2D eigenvalue weighted by Gasteiger charge is -2.01. The maximum Gasteiger partial charge on any atom is 0.410 e. The topological polar surface area (TPSA) is 87.4 Å². The fraction of sp³-hybridized carbons (Fsp3) is 0.429. The van der Waals surface area contributed by atoms with E-state index in [4.69, 9.17) is 5.11 Å². The molecular weight excluding hydrogens is 174 g/mol. The number of aliphatic hydroxyl groups is 1. The predicted octanol–water partition coefficient (Wildman–Crippen LogP) is 0.563. The van der Waals surface area contributed by atoms with Gasteiger partial charge in [-0.2, -0.15) is 5.10 Å². The van der Waals surface area contributed by atoms with E-state index >= 15 is 0 Å². The zero-order valence-corrected chi connectivity index (χ0v) is 7.35. The third-order valence-electron chi connectivity index (χ3n) is 1.58. The molecule has 0 radical (unpaired) electrons. The molecule has 0 aliphatic rings. The summed E-state index contributed by atoms with van der Waals surface area (Å²) in [4.78, 5) is 10.2. The van der Waals surface area contributed by atoms with Crippen LogP contribution in [-0.2, 0) is 7.05 Å². The molecule has 3 N–H and O–H groups in total. The first-order valence-electron chi connectivity index (χ1n) is 3.72. The molecule has 6 heteroatoms. The number of amides is 1. The highest BCUT2D eigenvalue weighted by Crippen LogP contribution is 2.15. The molecule has 0 saturated heterocycles. The van der Waals surface area contributed by atoms with Crippen LogP contribution in [0.5, 0.6) is 0 Å². The van der Waals surface area contributed by atoms with Gasteiger partial charge in [0.25, 0.3) is 0 Å². The molecule has 0 fully saturated rings. The molecule has 1 aromatic heterocycles. The van der Waals surface area contributed by atoms with Crippen LogP contribution in [0.3, 0.4) is 0 Å². The van der Waals surface area contributed by atoms with Crippen LogP contribution in [0.4, 0.5) is 10.6 Å². The van der Waals surface area contributed by atoms with E-state index in [0.29, 0.717) is 5.69 Å². The summed E-state index contributed by atoms with van der Waals surface area (Å²) in [6.45, 7) is 1.58. The summed E-state index contributed by atoms with van der Waals surface area (Å²) in [5.41, 5.74) is 0.559. The molecule has 72 valence electrons. The van der Waals surface area contributed by atoms with E-state index in [1.165, 1.54) is 10.7 Å². The normalized spacial score (nSPS) is 12.5. The number of aryl methyl sites for hydroxylation is 1. The summed E-state index contributed by atoms with van der Waals surface area (Å²) in [6.07, 6.45) is -1.84. The fourth-order valence-corrected chi connectivity index (χ4v) is 1.04. The lowest BCUT2D eigenvalue weighted by molar-refractivity contribution is 0.189. The van der Waals surface area contributed by atoms with Gasteiger partial charge in [0.2, 0.25) is 0 Å². The number of rotatable bonds is 2. The van der Waals surface area contributed by atoms with Crippen molar-refractivity contribution in [3.63, 3.8) is 0 Å². The Morgan fingerprint density at radius 3 is 2.77 bits per heavy atom. The average molecular weight is 185 g/mol. The van der Waals surface area contributed by atoms with Gasteiger partial charge in [-0.25, -0.2) is 4.79 Å². The number of nitrogens with one attached hydrogen (secondary N) is 1. The monoisotopic (exact) mass is 185 g/mol. The van der Waals surface area contributed by atoms with Crippen molar-refractivity contribution >= 4 is 11.9 Å². The van der Waals surface area contributed by atoms with Crippen LogP contribution in [0.1, 0.15) is 18.7 Å². The summed E-state index contributed by atoms with van der Waals surface area (Å²) in [6, 6.07) is 1.48. The van der Waals surface area contributed by atoms with Crippen LogP contribution >= 0.6 is 0 Å². The van der Waals surface area contributed by atoms with Crippen LogP contribution in [0.15, 0.2) is 6.07 Å². The number of aliphatic hydroxyl groups excluding tert-OH is 1. The zero-order valence-electron chi connectivity index (χ0n) is 7.35.